The van der Waals surface area contributed by atoms with Gasteiger partial charge in [0.1, 0.15) is 11.0 Å². The minimum Gasteiger partial charge on any atom is -0.292 e. The van der Waals surface area contributed by atoms with E-state index >= 15 is 0 Å². The number of hydrogen-bond donors (Lipinski definition) is 0. The van der Waals surface area contributed by atoms with Gasteiger partial charge in [-0.15, -0.1) is 0 Å². The summed E-state index contributed by atoms with van der Waals surface area (Å²) in [6.45, 7) is 2.41. The topological polar surface area (TPSA) is 47.8 Å². The normalized spacial score (nSPS) is 10.5. The largest absolute Gasteiger partial charge is 0.292 e. The predicted molar refractivity (Wildman–Crippen MR) is 66.2 cm³/mol. The highest BCUT2D eigenvalue weighted by Crippen LogP contribution is 2.06. The van der Waals surface area contributed by atoms with E-state index in [1.165, 1.54) is 6.07 Å². The highest BCUT2D eigenvalue weighted by Gasteiger charge is 2.06. The smallest absolute Gasteiger partial charge is 0.255 e. The summed E-state index contributed by atoms with van der Waals surface area (Å²) in [4.78, 5) is 20.0. The van der Waals surface area contributed by atoms with Gasteiger partial charge >= 0.3 is 0 Å². The van der Waals surface area contributed by atoms with E-state index in [2.05, 4.69) is 9.97 Å². The molecule has 2 aromatic heterocycles. The molecule has 2 rings (SSSR count). The summed E-state index contributed by atoms with van der Waals surface area (Å²) >= 11 is 5.77. The highest BCUT2D eigenvalue weighted by atomic mass is 35.5. The van der Waals surface area contributed by atoms with Crippen molar-refractivity contribution in [3.05, 3.63) is 57.5 Å². The van der Waals surface area contributed by atoms with Crippen LogP contribution < -0.4 is 5.56 Å². The molecule has 4 nitrogen and oxygen atoms in total. The van der Waals surface area contributed by atoms with Crippen LogP contribution in [0, 0.1) is 0 Å². The van der Waals surface area contributed by atoms with Crippen molar-refractivity contribution in [2.45, 2.75) is 19.9 Å². The molecule has 0 bridgehead atoms. The molecule has 0 aliphatic carbocycles. The van der Waals surface area contributed by atoms with Crippen molar-refractivity contribution in [2.75, 3.05) is 0 Å². The van der Waals surface area contributed by atoms with E-state index in [1.54, 1.807) is 17.0 Å². The fourth-order valence-electron chi connectivity index (χ4n) is 1.64. The molecule has 0 aliphatic heterocycles. The molecule has 5 heteroatoms. The van der Waals surface area contributed by atoms with Gasteiger partial charge in [-0.2, -0.15) is 0 Å². The SMILES string of the molecule is CCc1nc(Cl)cc(=O)n1Cc1cccnc1. The fourth-order valence-corrected chi connectivity index (χ4v) is 1.83. The van der Waals surface area contributed by atoms with E-state index in [0.717, 1.165) is 5.56 Å². The zero-order valence-electron chi connectivity index (χ0n) is 9.43. The molecular weight excluding hydrogens is 238 g/mol. The van der Waals surface area contributed by atoms with Crippen molar-refractivity contribution in [2.24, 2.45) is 0 Å². The van der Waals surface area contributed by atoms with Crippen molar-refractivity contribution in [1.29, 1.82) is 0 Å². The summed E-state index contributed by atoms with van der Waals surface area (Å²) in [5, 5.41) is 0.245. The third kappa shape index (κ3) is 2.71. The average molecular weight is 250 g/mol. The molecule has 0 unspecified atom stereocenters. The maximum atomic E-state index is 11.8. The van der Waals surface area contributed by atoms with Crippen molar-refractivity contribution in [3.8, 4) is 0 Å². The minimum atomic E-state index is -0.134. The third-order valence-electron chi connectivity index (χ3n) is 2.44. The van der Waals surface area contributed by atoms with E-state index in [-0.39, 0.29) is 10.7 Å². The first-order valence-corrected chi connectivity index (χ1v) is 5.73. The highest BCUT2D eigenvalue weighted by molar-refractivity contribution is 6.29. The average Bonchev–Trinajstić information content (AvgIpc) is 2.33. The van der Waals surface area contributed by atoms with Gasteiger partial charge in [-0.05, 0) is 11.6 Å². The Bertz CT molecular complexity index is 566. The molecule has 2 heterocycles. The standard InChI is InChI=1S/C12H12ClN3O/c1-2-11-15-10(13)6-12(17)16(11)8-9-4-3-5-14-7-9/h3-7H,2,8H2,1H3. The summed E-state index contributed by atoms with van der Waals surface area (Å²) in [5.41, 5.74) is 0.833. The Kier molecular flexibility index (Phi) is 3.54. The Balaban J connectivity index is 2.42. The first-order chi connectivity index (χ1) is 8.20. The molecule has 88 valence electrons. The number of aromatic nitrogens is 3. The quantitative estimate of drug-likeness (QED) is 0.781. The van der Waals surface area contributed by atoms with Gasteiger partial charge in [0.15, 0.2) is 0 Å². The summed E-state index contributed by atoms with van der Waals surface area (Å²) in [5.74, 6) is 0.686. The monoisotopic (exact) mass is 249 g/mol. The summed E-state index contributed by atoms with van der Waals surface area (Å²) < 4.78 is 1.61. The van der Waals surface area contributed by atoms with Crippen LogP contribution in [0.25, 0.3) is 0 Å². The lowest BCUT2D eigenvalue weighted by Crippen LogP contribution is -2.24. The van der Waals surface area contributed by atoms with E-state index in [1.807, 2.05) is 19.1 Å². The van der Waals surface area contributed by atoms with Crippen molar-refractivity contribution in [1.82, 2.24) is 14.5 Å². The van der Waals surface area contributed by atoms with Crippen LogP contribution >= 0.6 is 11.6 Å². The minimum absolute atomic E-state index is 0.134. The lowest BCUT2D eigenvalue weighted by molar-refractivity contribution is 0.673. The maximum absolute atomic E-state index is 11.8. The van der Waals surface area contributed by atoms with Crippen molar-refractivity contribution >= 4 is 11.6 Å². The van der Waals surface area contributed by atoms with Crippen LogP contribution in [0.3, 0.4) is 0 Å². The summed E-state index contributed by atoms with van der Waals surface area (Å²) in [7, 11) is 0. The van der Waals surface area contributed by atoms with E-state index < -0.39 is 0 Å². The number of pyridine rings is 1. The molecule has 0 amide bonds. The lowest BCUT2D eigenvalue weighted by Gasteiger charge is -2.10. The molecular formula is C12H12ClN3O. The molecule has 2 aromatic rings. The third-order valence-corrected chi connectivity index (χ3v) is 2.63. The molecule has 0 saturated carbocycles. The second kappa shape index (κ2) is 5.10. The van der Waals surface area contributed by atoms with E-state index in [9.17, 15) is 4.79 Å². The van der Waals surface area contributed by atoms with Crippen LogP contribution in [0.1, 0.15) is 18.3 Å². The first-order valence-electron chi connectivity index (χ1n) is 5.36. The molecule has 0 atom stereocenters. The summed E-state index contributed by atoms with van der Waals surface area (Å²) in [6, 6.07) is 5.10. The Hall–Kier alpha value is -1.68. The van der Waals surface area contributed by atoms with Crippen molar-refractivity contribution < 1.29 is 0 Å². The molecule has 0 aromatic carbocycles. The zero-order chi connectivity index (χ0) is 12.3. The number of aryl methyl sites for hydroxylation is 1. The van der Waals surface area contributed by atoms with E-state index in [4.69, 9.17) is 11.6 Å². The van der Waals surface area contributed by atoms with Crippen LogP contribution in [-0.2, 0) is 13.0 Å². The molecule has 0 fully saturated rings. The van der Waals surface area contributed by atoms with Crippen LogP contribution in [0.2, 0.25) is 5.15 Å². The van der Waals surface area contributed by atoms with Gasteiger partial charge in [-0.1, -0.05) is 24.6 Å². The molecule has 0 aliphatic rings. The number of hydrogen-bond acceptors (Lipinski definition) is 3. The second-order valence-corrected chi connectivity index (χ2v) is 4.02. The molecule has 0 radical (unpaired) electrons. The predicted octanol–water partition coefficient (Wildman–Crippen LogP) is 1.90. The number of nitrogens with zero attached hydrogens (tertiary/aromatic N) is 3. The zero-order valence-corrected chi connectivity index (χ0v) is 10.2. The maximum Gasteiger partial charge on any atom is 0.255 e. The molecule has 0 N–H and O–H groups in total. The van der Waals surface area contributed by atoms with Crippen LogP contribution in [0.4, 0.5) is 0 Å². The van der Waals surface area contributed by atoms with Gasteiger partial charge in [0, 0.05) is 24.9 Å². The molecule has 0 saturated heterocycles. The summed E-state index contributed by atoms with van der Waals surface area (Å²) in [6.07, 6.45) is 4.10. The van der Waals surface area contributed by atoms with Crippen LogP contribution in [0.5, 0.6) is 0 Å². The Morgan fingerprint density at radius 3 is 2.94 bits per heavy atom. The van der Waals surface area contributed by atoms with Gasteiger partial charge in [-0.25, -0.2) is 4.98 Å². The van der Waals surface area contributed by atoms with Crippen LogP contribution in [0.15, 0.2) is 35.4 Å². The van der Waals surface area contributed by atoms with Gasteiger partial charge in [0.05, 0.1) is 6.54 Å². The van der Waals surface area contributed by atoms with E-state index in [0.29, 0.717) is 18.8 Å². The van der Waals surface area contributed by atoms with Gasteiger partial charge in [-0.3, -0.25) is 14.3 Å². The van der Waals surface area contributed by atoms with Gasteiger partial charge < -0.3 is 0 Å². The van der Waals surface area contributed by atoms with Gasteiger partial charge in [0.25, 0.3) is 5.56 Å². The van der Waals surface area contributed by atoms with Gasteiger partial charge in [0.2, 0.25) is 0 Å². The fraction of sp³-hybridized carbons (Fsp3) is 0.250. The lowest BCUT2D eigenvalue weighted by atomic mass is 10.2. The second-order valence-electron chi connectivity index (χ2n) is 3.63. The molecule has 17 heavy (non-hydrogen) atoms. The van der Waals surface area contributed by atoms with Crippen molar-refractivity contribution in [3.63, 3.8) is 0 Å². The van der Waals surface area contributed by atoms with Crippen LogP contribution in [-0.4, -0.2) is 14.5 Å². The Morgan fingerprint density at radius 1 is 1.47 bits per heavy atom. The molecule has 0 spiro atoms. The number of rotatable bonds is 3. The Morgan fingerprint density at radius 2 is 2.29 bits per heavy atom. The first kappa shape index (κ1) is 11.8. The Labute approximate surface area is 104 Å². The number of halogens is 1.